The summed E-state index contributed by atoms with van der Waals surface area (Å²) in [6.07, 6.45) is 2.61. The smallest absolute Gasteiger partial charge is 0.317 e. The maximum absolute atomic E-state index is 12.9. The Bertz CT molecular complexity index is 661. The number of nitrogens with zero attached hydrogens (tertiary/aromatic N) is 3. The van der Waals surface area contributed by atoms with Crippen LogP contribution in [0, 0.1) is 0 Å². The molecule has 26 heavy (non-hydrogen) atoms. The van der Waals surface area contributed by atoms with Crippen LogP contribution >= 0.6 is 11.6 Å². The number of para-hydroxylation sites is 1. The van der Waals surface area contributed by atoms with Crippen LogP contribution in [0.3, 0.4) is 0 Å². The molecule has 0 bridgehead atoms. The van der Waals surface area contributed by atoms with Gasteiger partial charge in [-0.15, -0.1) is 0 Å². The van der Waals surface area contributed by atoms with E-state index in [1.54, 1.807) is 4.90 Å². The van der Waals surface area contributed by atoms with Gasteiger partial charge in [-0.1, -0.05) is 30.7 Å². The number of amides is 1. The fraction of sp³-hybridized carbons (Fsp3) is 0.579. The first-order valence-electron chi connectivity index (χ1n) is 9.27. The van der Waals surface area contributed by atoms with Crippen LogP contribution in [0.25, 0.3) is 0 Å². The molecular formula is C19H26ClN3O3. The summed E-state index contributed by atoms with van der Waals surface area (Å²) < 4.78 is 0. The molecule has 1 N–H and O–H groups in total. The van der Waals surface area contributed by atoms with Gasteiger partial charge < -0.3 is 10.0 Å². The summed E-state index contributed by atoms with van der Waals surface area (Å²) in [5.41, 5.74) is 0.787. The number of likely N-dealkylation sites (N-methyl/N-ethyl adjacent to an activating group) is 1. The third-order valence-electron chi connectivity index (χ3n) is 5.52. The van der Waals surface area contributed by atoms with E-state index >= 15 is 0 Å². The third-order valence-corrected chi connectivity index (χ3v) is 5.84. The maximum atomic E-state index is 12.9. The normalized spacial score (nSPS) is 22.3. The molecule has 1 aromatic rings. The van der Waals surface area contributed by atoms with Gasteiger partial charge >= 0.3 is 5.97 Å². The number of rotatable bonds is 6. The van der Waals surface area contributed by atoms with Crippen molar-refractivity contribution in [3.8, 4) is 0 Å². The number of carbonyl (C=O) groups is 2. The van der Waals surface area contributed by atoms with Crippen molar-refractivity contribution in [2.45, 2.75) is 38.3 Å². The average molecular weight is 380 g/mol. The number of benzene rings is 1. The number of hydrogen-bond acceptors (Lipinski definition) is 4. The zero-order valence-corrected chi connectivity index (χ0v) is 15.9. The van der Waals surface area contributed by atoms with Crippen molar-refractivity contribution in [2.75, 3.05) is 37.6 Å². The van der Waals surface area contributed by atoms with Gasteiger partial charge in [-0.2, -0.15) is 0 Å². The van der Waals surface area contributed by atoms with E-state index in [2.05, 4.69) is 4.90 Å². The molecule has 0 spiro atoms. The van der Waals surface area contributed by atoms with Crippen LogP contribution in [0.5, 0.6) is 0 Å². The Morgan fingerprint density at radius 1 is 1.23 bits per heavy atom. The van der Waals surface area contributed by atoms with E-state index in [1.165, 1.54) is 0 Å². The Hall–Kier alpha value is -1.63. The number of piperidine rings is 1. The van der Waals surface area contributed by atoms with Crippen molar-refractivity contribution in [2.24, 2.45) is 0 Å². The van der Waals surface area contributed by atoms with Crippen molar-refractivity contribution < 1.29 is 14.7 Å². The van der Waals surface area contributed by atoms with Gasteiger partial charge in [0.25, 0.3) is 0 Å². The molecule has 2 heterocycles. The number of anilines is 1. The summed E-state index contributed by atoms with van der Waals surface area (Å²) >= 11 is 6.25. The molecule has 6 nitrogen and oxygen atoms in total. The summed E-state index contributed by atoms with van der Waals surface area (Å²) in [6.45, 7) is 5.16. The number of halogens is 1. The van der Waals surface area contributed by atoms with E-state index in [0.29, 0.717) is 11.6 Å². The molecule has 7 heteroatoms. The van der Waals surface area contributed by atoms with Gasteiger partial charge in [0.2, 0.25) is 5.91 Å². The lowest BCUT2D eigenvalue weighted by molar-refractivity contribution is -0.139. The standard InChI is InChI=1S/C19H26ClN3O3/c1-2-21(13-18(24)25)14-7-10-22(11-8-14)17-9-12-23(19(17)26)16-6-4-3-5-15(16)20/h3-6,14,17H,2,7-13H2,1H3,(H,24,25). The molecule has 1 unspecified atom stereocenters. The van der Waals surface area contributed by atoms with E-state index in [4.69, 9.17) is 16.7 Å². The van der Waals surface area contributed by atoms with Crippen molar-refractivity contribution in [1.29, 1.82) is 0 Å². The van der Waals surface area contributed by atoms with Crippen LogP contribution in [-0.4, -0.2) is 71.6 Å². The van der Waals surface area contributed by atoms with Gasteiger partial charge in [0.1, 0.15) is 0 Å². The maximum Gasteiger partial charge on any atom is 0.317 e. The molecule has 3 rings (SSSR count). The summed E-state index contributed by atoms with van der Waals surface area (Å²) in [7, 11) is 0. The quantitative estimate of drug-likeness (QED) is 0.821. The summed E-state index contributed by atoms with van der Waals surface area (Å²) in [5, 5.41) is 9.66. The molecule has 2 aliphatic rings. The minimum absolute atomic E-state index is 0.0871. The predicted molar refractivity (Wildman–Crippen MR) is 102 cm³/mol. The van der Waals surface area contributed by atoms with Gasteiger partial charge in [0, 0.05) is 25.7 Å². The Morgan fingerprint density at radius 3 is 2.54 bits per heavy atom. The Kier molecular flexibility index (Phi) is 6.16. The number of carboxylic acid groups (broad SMARTS) is 1. The number of carbonyl (C=O) groups excluding carboxylic acids is 1. The summed E-state index contributed by atoms with van der Waals surface area (Å²) in [6, 6.07) is 7.65. The molecule has 1 aromatic carbocycles. The topological polar surface area (TPSA) is 64.1 Å². The van der Waals surface area contributed by atoms with E-state index in [-0.39, 0.29) is 24.5 Å². The van der Waals surface area contributed by atoms with Crippen LogP contribution in [0.4, 0.5) is 5.69 Å². The molecule has 2 aliphatic heterocycles. The second kappa shape index (κ2) is 8.37. The van der Waals surface area contributed by atoms with Crippen molar-refractivity contribution in [1.82, 2.24) is 9.80 Å². The molecule has 1 atom stereocenters. The van der Waals surface area contributed by atoms with E-state index in [9.17, 15) is 9.59 Å². The lowest BCUT2D eigenvalue weighted by atomic mass is 10.0. The van der Waals surface area contributed by atoms with Gasteiger partial charge in [-0.3, -0.25) is 19.4 Å². The van der Waals surface area contributed by atoms with E-state index in [0.717, 1.165) is 44.6 Å². The molecule has 1 amide bonds. The van der Waals surface area contributed by atoms with Crippen LogP contribution < -0.4 is 4.90 Å². The van der Waals surface area contributed by atoms with Gasteiger partial charge in [-0.05, 0) is 37.9 Å². The van der Waals surface area contributed by atoms with Crippen molar-refractivity contribution in [3.05, 3.63) is 29.3 Å². The summed E-state index contributed by atoms with van der Waals surface area (Å²) in [5.74, 6) is -0.662. The highest BCUT2D eigenvalue weighted by Crippen LogP contribution is 2.31. The average Bonchev–Trinajstić information content (AvgIpc) is 3.01. The van der Waals surface area contributed by atoms with Crippen LogP contribution in [-0.2, 0) is 9.59 Å². The zero-order valence-electron chi connectivity index (χ0n) is 15.1. The van der Waals surface area contributed by atoms with E-state index < -0.39 is 5.97 Å². The van der Waals surface area contributed by atoms with Gasteiger partial charge in [0.05, 0.1) is 23.3 Å². The first-order chi connectivity index (χ1) is 12.5. The fourth-order valence-electron chi connectivity index (χ4n) is 4.15. The largest absolute Gasteiger partial charge is 0.480 e. The lowest BCUT2D eigenvalue weighted by Gasteiger charge is -2.39. The molecule has 2 fully saturated rings. The number of likely N-dealkylation sites (tertiary alicyclic amines) is 1. The SMILES string of the molecule is CCN(CC(=O)O)C1CCN(C2CCN(c3ccccc3Cl)C2=O)CC1. The number of aliphatic carboxylic acids is 1. The van der Waals surface area contributed by atoms with Crippen LogP contribution in [0.2, 0.25) is 5.02 Å². The molecule has 2 saturated heterocycles. The second-order valence-corrected chi connectivity index (χ2v) is 7.38. The molecular weight excluding hydrogens is 354 g/mol. The fourth-order valence-corrected chi connectivity index (χ4v) is 4.39. The Morgan fingerprint density at radius 2 is 1.92 bits per heavy atom. The molecule has 0 saturated carbocycles. The Labute approximate surface area is 159 Å². The monoisotopic (exact) mass is 379 g/mol. The van der Waals surface area contributed by atoms with E-state index in [1.807, 2.05) is 36.1 Å². The first-order valence-corrected chi connectivity index (χ1v) is 9.64. The third kappa shape index (κ3) is 4.03. The predicted octanol–water partition coefficient (Wildman–Crippen LogP) is 2.32. The zero-order chi connectivity index (χ0) is 18.7. The Balaban J connectivity index is 1.59. The number of hydrogen-bond donors (Lipinski definition) is 1. The van der Waals surface area contributed by atoms with Gasteiger partial charge in [0.15, 0.2) is 0 Å². The second-order valence-electron chi connectivity index (χ2n) is 6.97. The highest BCUT2D eigenvalue weighted by Gasteiger charge is 2.39. The molecule has 0 aliphatic carbocycles. The van der Waals surface area contributed by atoms with Crippen molar-refractivity contribution >= 4 is 29.2 Å². The lowest BCUT2D eigenvalue weighted by Crippen LogP contribution is -2.51. The minimum atomic E-state index is -0.782. The molecule has 0 radical (unpaired) electrons. The molecule has 142 valence electrons. The van der Waals surface area contributed by atoms with Crippen LogP contribution in [0.15, 0.2) is 24.3 Å². The molecule has 0 aromatic heterocycles. The summed E-state index contributed by atoms with van der Waals surface area (Å²) in [4.78, 5) is 30.0. The van der Waals surface area contributed by atoms with Crippen LogP contribution in [0.1, 0.15) is 26.2 Å². The van der Waals surface area contributed by atoms with Gasteiger partial charge in [-0.25, -0.2) is 0 Å². The highest BCUT2D eigenvalue weighted by molar-refractivity contribution is 6.33. The highest BCUT2D eigenvalue weighted by atomic mass is 35.5. The minimum Gasteiger partial charge on any atom is -0.480 e. The number of carboxylic acids is 1. The van der Waals surface area contributed by atoms with Crippen molar-refractivity contribution in [3.63, 3.8) is 0 Å². The first kappa shape index (κ1) is 19.1.